The highest BCUT2D eigenvalue weighted by Gasteiger charge is 2.39. The van der Waals surface area contributed by atoms with Gasteiger partial charge in [-0.05, 0) is 19.9 Å². The average Bonchev–Trinajstić information content (AvgIpc) is 2.48. The molecule has 1 aromatic carbocycles. The van der Waals surface area contributed by atoms with Crippen molar-refractivity contribution in [1.82, 2.24) is 4.90 Å². The van der Waals surface area contributed by atoms with Crippen LogP contribution >= 0.6 is 0 Å². The van der Waals surface area contributed by atoms with Gasteiger partial charge in [-0.3, -0.25) is 9.69 Å². The van der Waals surface area contributed by atoms with Gasteiger partial charge >= 0.3 is 5.97 Å². The summed E-state index contributed by atoms with van der Waals surface area (Å²) in [6.45, 7) is 6.52. The lowest BCUT2D eigenvalue weighted by molar-refractivity contribution is -0.147. The number of morpholine rings is 1. The highest BCUT2D eigenvalue weighted by Crippen LogP contribution is 2.34. The van der Waals surface area contributed by atoms with Gasteiger partial charge < -0.3 is 9.47 Å². The molecule has 0 aliphatic carbocycles. The van der Waals surface area contributed by atoms with Crippen LogP contribution in [0.25, 0.3) is 0 Å². The highest BCUT2D eigenvalue weighted by atomic mass is 19.1. The maximum atomic E-state index is 14.3. The van der Waals surface area contributed by atoms with E-state index in [9.17, 15) is 9.18 Å². The average molecular weight is 295 g/mol. The number of benzene rings is 1. The molecule has 0 radical (unpaired) electrons. The fourth-order valence-corrected chi connectivity index (χ4v) is 2.83. The topological polar surface area (TPSA) is 38.8 Å². The lowest BCUT2D eigenvalue weighted by Gasteiger charge is -2.43. The van der Waals surface area contributed by atoms with Gasteiger partial charge in [0.05, 0.1) is 31.8 Å². The predicted molar refractivity (Wildman–Crippen MR) is 77.4 cm³/mol. The Kier molecular flexibility index (Phi) is 5.31. The number of nitrogens with zero attached hydrogens (tertiary/aromatic N) is 1. The van der Waals surface area contributed by atoms with Crippen LogP contribution in [-0.4, -0.2) is 43.8 Å². The van der Waals surface area contributed by atoms with Crippen molar-refractivity contribution >= 4 is 5.97 Å². The van der Waals surface area contributed by atoms with E-state index in [4.69, 9.17) is 9.47 Å². The molecule has 21 heavy (non-hydrogen) atoms. The number of hydrogen-bond donors (Lipinski definition) is 0. The van der Waals surface area contributed by atoms with E-state index in [0.717, 1.165) is 0 Å². The minimum absolute atomic E-state index is 0.127. The summed E-state index contributed by atoms with van der Waals surface area (Å²) in [4.78, 5) is 14.1. The summed E-state index contributed by atoms with van der Waals surface area (Å²) in [5.74, 6) is -0.606. The number of carbonyl (C=O) groups is 1. The Morgan fingerprint density at radius 3 is 2.67 bits per heavy atom. The molecule has 1 atom stereocenters. The first kappa shape index (κ1) is 15.9. The van der Waals surface area contributed by atoms with E-state index < -0.39 is 5.54 Å². The summed E-state index contributed by atoms with van der Waals surface area (Å²) in [5, 5.41) is 0. The number of esters is 1. The Balaban J connectivity index is 2.33. The van der Waals surface area contributed by atoms with Gasteiger partial charge in [0.1, 0.15) is 5.82 Å². The third-order valence-electron chi connectivity index (χ3n) is 3.96. The van der Waals surface area contributed by atoms with E-state index >= 15 is 0 Å². The molecule has 2 rings (SSSR count). The van der Waals surface area contributed by atoms with Crippen LogP contribution in [0, 0.1) is 5.82 Å². The van der Waals surface area contributed by atoms with E-state index in [1.54, 1.807) is 25.1 Å². The van der Waals surface area contributed by atoms with Crippen LogP contribution in [-0.2, 0) is 19.8 Å². The summed E-state index contributed by atoms with van der Waals surface area (Å²) >= 11 is 0. The largest absolute Gasteiger partial charge is 0.466 e. The lowest BCUT2D eigenvalue weighted by atomic mass is 9.86. The number of hydrogen-bond acceptors (Lipinski definition) is 4. The summed E-state index contributed by atoms with van der Waals surface area (Å²) in [7, 11) is 0. The minimum Gasteiger partial charge on any atom is -0.466 e. The molecular weight excluding hydrogens is 273 g/mol. The molecular formula is C16H22FNO3. The predicted octanol–water partition coefficient (Wildman–Crippen LogP) is 2.33. The van der Waals surface area contributed by atoms with Gasteiger partial charge in [0.25, 0.3) is 0 Å². The summed E-state index contributed by atoms with van der Waals surface area (Å²) < 4.78 is 24.7. The molecule has 5 heteroatoms. The van der Waals surface area contributed by atoms with Crippen molar-refractivity contribution in [2.75, 3.05) is 32.9 Å². The van der Waals surface area contributed by atoms with Crippen molar-refractivity contribution < 1.29 is 18.7 Å². The van der Waals surface area contributed by atoms with Gasteiger partial charge in [-0.2, -0.15) is 0 Å². The second-order valence-corrected chi connectivity index (χ2v) is 5.33. The van der Waals surface area contributed by atoms with Gasteiger partial charge in [-0.15, -0.1) is 0 Å². The summed E-state index contributed by atoms with van der Waals surface area (Å²) in [6.07, 6.45) is 0.127. The zero-order chi connectivity index (χ0) is 15.3. The molecule has 0 N–H and O–H groups in total. The quantitative estimate of drug-likeness (QED) is 0.782. The summed E-state index contributed by atoms with van der Waals surface area (Å²) in [5.41, 5.74) is -0.193. The molecule has 1 aliphatic rings. The Labute approximate surface area is 124 Å². The molecule has 1 heterocycles. The summed E-state index contributed by atoms with van der Waals surface area (Å²) in [6, 6.07) is 6.62. The molecule has 1 aromatic rings. The second-order valence-electron chi connectivity index (χ2n) is 5.33. The van der Waals surface area contributed by atoms with Gasteiger partial charge in [-0.25, -0.2) is 4.39 Å². The maximum Gasteiger partial charge on any atom is 0.308 e. The molecule has 0 spiro atoms. The van der Waals surface area contributed by atoms with Gasteiger partial charge in [0, 0.05) is 18.7 Å². The van der Waals surface area contributed by atoms with Crippen LogP contribution in [0.5, 0.6) is 0 Å². The van der Waals surface area contributed by atoms with Crippen LogP contribution in [0.1, 0.15) is 25.8 Å². The van der Waals surface area contributed by atoms with Gasteiger partial charge in [0.15, 0.2) is 0 Å². The zero-order valence-corrected chi connectivity index (χ0v) is 12.6. The Bertz CT molecular complexity index is 488. The Morgan fingerprint density at radius 1 is 1.38 bits per heavy atom. The minimum atomic E-state index is -0.721. The van der Waals surface area contributed by atoms with Gasteiger partial charge in [0.2, 0.25) is 0 Å². The molecule has 0 bridgehead atoms. The standard InChI is InChI=1S/C16H22FNO3/c1-3-21-15(19)12-16(2,18-8-10-20-11-9-18)13-6-4-5-7-14(13)17/h4-7H,3,8-12H2,1-2H3. The molecule has 1 saturated heterocycles. The number of carbonyl (C=O) groups excluding carboxylic acids is 1. The van der Waals surface area contributed by atoms with Crippen LogP contribution in [0.3, 0.4) is 0 Å². The van der Waals surface area contributed by atoms with E-state index in [1.165, 1.54) is 6.07 Å². The first-order valence-corrected chi connectivity index (χ1v) is 7.31. The van der Waals surface area contributed by atoms with Crippen LogP contribution in [0.2, 0.25) is 0 Å². The Morgan fingerprint density at radius 2 is 2.05 bits per heavy atom. The lowest BCUT2D eigenvalue weighted by Crippen LogP contribution is -2.51. The van der Waals surface area contributed by atoms with E-state index in [1.807, 2.05) is 6.92 Å². The van der Waals surface area contributed by atoms with E-state index in [0.29, 0.717) is 38.5 Å². The third kappa shape index (κ3) is 3.60. The van der Waals surface area contributed by atoms with Gasteiger partial charge in [-0.1, -0.05) is 18.2 Å². The monoisotopic (exact) mass is 295 g/mol. The van der Waals surface area contributed by atoms with Crippen molar-refractivity contribution in [3.63, 3.8) is 0 Å². The van der Waals surface area contributed by atoms with Crippen molar-refractivity contribution in [1.29, 1.82) is 0 Å². The fourth-order valence-electron chi connectivity index (χ4n) is 2.83. The van der Waals surface area contributed by atoms with E-state index in [2.05, 4.69) is 4.90 Å². The van der Waals surface area contributed by atoms with Crippen LogP contribution in [0.15, 0.2) is 24.3 Å². The van der Waals surface area contributed by atoms with Crippen LogP contribution in [0.4, 0.5) is 4.39 Å². The number of rotatable bonds is 5. The molecule has 0 saturated carbocycles. The molecule has 4 nitrogen and oxygen atoms in total. The molecule has 116 valence electrons. The number of halogens is 1. The van der Waals surface area contributed by atoms with E-state index in [-0.39, 0.29) is 18.2 Å². The first-order valence-electron chi connectivity index (χ1n) is 7.31. The molecule has 0 aromatic heterocycles. The molecule has 1 unspecified atom stereocenters. The van der Waals surface area contributed by atoms with Crippen molar-refractivity contribution in [3.8, 4) is 0 Å². The second kappa shape index (κ2) is 7.00. The SMILES string of the molecule is CCOC(=O)CC(C)(c1ccccc1F)N1CCOCC1. The zero-order valence-electron chi connectivity index (χ0n) is 12.6. The molecule has 0 amide bonds. The Hall–Kier alpha value is -1.46. The van der Waals surface area contributed by atoms with Crippen molar-refractivity contribution in [3.05, 3.63) is 35.6 Å². The maximum absolute atomic E-state index is 14.3. The van der Waals surface area contributed by atoms with Crippen LogP contribution < -0.4 is 0 Å². The number of ether oxygens (including phenoxy) is 2. The first-order chi connectivity index (χ1) is 10.1. The molecule has 1 fully saturated rings. The van der Waals surface area contributed by atoms with Crippen molar-refractivity contribution in [2.45, 2.75) is 25.8 Å². The fraction of sp³-hybridized carbons (Fsp3) is 0.562. The smallest absolute Gasteiger partial charge is 0.308 e. The normalized spacial score (nSPS) is 19.0. The van der Waals surface area contributed by atoms with Crippen molar-refractivity contribution in [2.24, 2.45) is 0 Å². The molecule has 1 aliphatic heterocycles. The third-order valence-corrected chi connectivity index (χ3v) is 3.96. The highest BCUT2D eigenvalue weighted by molar-refractivity contribution is 5.71.